The van der Waals surface area contributed by atoms with E-state index in [0.29, 0.717) is 12.5 Å². The number of rotatable bonds is 5. The van der Waals surface area contributed by atoms with Gasteiger partial charge >= 0.3 is 5.97 Å². The van der Waals surface area contributed by atoms with Gasteiger partial charge in [0.25, 0.3) is 0 Å². The lowest BCUT2D eigenvalue weighted by Crippen LogP contribution is -2.23. The van der Waals surface area contributed by atoms with E-state index in [-0.39, 0.29) is 6.42 Å². The predicted octanol–water partition coefficient (Wildman–Crippen LogP) is 2.12. The quantitative estimate of drug-likeness (QED) is 0.895. The minimum Gasteiger partial charge on any atom is -0.481 e. The highest BCUT2D eigenvalue weighted by Crippen LogP contribution is 2.23. The molecule has 0 aliphatic heterocycles. The Hall–Kier alpha value is -1.95. The molecular weight excluding hydrogens is 250 g/mol. The fraction of sp³-hybridized carbons (Fsp3) is 0.250. The maximum absolute atomic E-state index is 10.5. The smallest absolute Gasteiger partial charge is 0.305 e. The normalized spacial score (nSPS) is 10.3. The van der Waals surface area contributed by atoms with Gasteiger partial charge in [-0.1, -0.05) is 6.07 Å². The molecule has 0 spiro atoms. The first-order valence-electron chi connectivity index (χ1n) is 5.46. The highest BCUT2D eigenvalue weighted by Gasteiger charge is 2.08. The monoisotopic (exact) mass is 263 g/mol. The van der Waals surface area contributed by atoms with Gasteiger partial charge in [-0.2, -0.15) is 0 Å². The molecule has 2 heterocycles. The zero-order valence-electron chi connectivity index (χ0n) is 9.91. The van der Waals surface area contributed by atoms with Gasteiger partial charge in [-0.25, -0.2) is 9.97 Å². The van der Waals surface area contributed by atoms with Crippen LogP contribution >= 0.6 is 11.3 Å². The highest BCUT2D eigenvalue weighted by molar-refractivity contribution is 7.13. The highest BCUT2D eigenvalue weighted by atomic mass is 32.1. The average molecular weight is 263 g/mol. The van der Waals surface area contributed by atoms with E-state index in [1.54, 1.807) is 29.5 Å². The Bertz CT molecular complexity index is 528. The van der Waals surface area contributed by atoms with Crippen molar-refractivity contribution in [3.05, 3.63) is 29.8 Å². The van der Waals surface area contributed by atoms with Crippen molar-refractivity contribution >= 4 is 23.3 Å². The molecule has 0 aliphatic rings. The Morgan fingerprint density at radius 3 is 3.00 bits per heavy atom. The molecule has 18 heavy (non-hydrogen) atoms. The summed E-state index contributed by atoms with van der Waals surface area (Å²) in [7, 11) is 1.79. The second kappa shape index (κ2) is 5.59. The minimum atomic E-state index is -0.823. The molecule has 0 saturated carbocycles. The Labute approximate surface area is 109 Å². The van der Waals surface area contributed by atoms with E-state index >= 15 is 0 Å². The number of nitrogens with zero attached hydrogens (tertiary/aromatic N) is 3. The number of carboxylic acid groups (broad SMARTS) is 1. The van der Waals surface area contributed by atoms with Gasteiger partial charge in [0.1, 0.15) is 0 Å². The van der Waals surface area contributed by atoms with Crippen LogP contribution in [0.3, 0.4) is 0 Å². The lowest BCUT2D eigenvalue weighted by atomic mass is 10.3. The van der Waals surface area contributed by atoms with Crippen LogP contribution in [0.15, 0.2) is 29.8 Å². The van der Waals surface area contributed by atoms with Crippen LogP contribution in [0.1, 0.15) is 6.42 Å². The predicted molar refractivity (Wildman–Crippen MR) is 70.9 cm³/mol. The van der Waals surface area contributed by atoms with E-state index in [9.17, 15) is 4.79 Å². The van der Waals surface area contributed by atoms with Crippen molar-refractivity contribution in [2.75, 3.05) is 18.5 Å². The molecule has 2 aromatic rings. The summed E-state index contributed by atoms with van der Waals surface area (Å²) in [5.74, 6) is -0.279. The number of hydrogen-bond donors (Lipinski definition) is 1. The van der Waals surface area contributed by atoms with Crippen LogP contribution < -0.4 is 4.90 Å². The van der Waals surface area contributed by atoms with Crippen molar-refractivity contribution in [1.82, 2.24) is 9.97 Å². The van der Waals surface area contributed by atoms with E-state index < -0.39 is 5.97 Å². The number of carboxylic acids is 1. The first-order valence-corrected chi connectivity index (χ1v) is 6.34. The van der Waals surface area contributed by atoms with Crippen molar-refractivity contribution < 1.29 is 9.90 Å². The van der Waals surface area contributed by atoms with Crippen molar-refractivity contribution in [2.24, 2.45) is 0 Å². The topological polar surface area (TPSA) is 66.3 Å². The molecule has 0 aliphatic carbocycles. The average Bonchev–Trinajstić information content (AvgIpc) is 2.90. The summed E-state index contributed by atoms with van der Waals surface area (Å²) in [6, 6.07) is 5.81. The van der Waals surface area contributed by atoms with E-state index in [2.05, 4.69) is 9.97 Å². The molecule has 6 heteroatoms. The van der Waals surface area contributed by atoms with Crippen LogP contribution in [0, 0.1) is 0 Å². The SMILES string of the molecule is CN(CCC(=O)O)c1nccc(-c2cccs2)n1. The fourth-order valence-corrected chi connectivity index (χ4v) is 2.15. The summed E-state index contributed by atoms with van der Waals surface area (Å²) < 4.78 is 0. The third kappa shape index (κ3) is 3.04. The number of carbonyl (C=O) groups is 1. The number of aromatic nitrogens is 2. The zero-order chi connectivity index (χ0) is 13.0. The van der Waals surface area contributed by atoms with Crippen molar-refractivity contribution in [2.45, 2.75) is 6.42 Å². The van der Waals surface area contributed by atoms with Gasteiger partial charge in [0.2, 0.25) is 5.95 Å². The summed E-state index contributed by atoms with van der Waals surface area (Å²) in [5, 5.41) is 10.6. The van der Waals surface area contributed by atoms with Crippen LogP contribution in [0.2, 0.25) is 0 Å². The van der Waals surface area contributed by atoms with Crippen LogP contribution in [0.5, 0.6) is 0 Å². The molecule has 0 bridgehead atoms. The Morgan fingerprint density at radius 2 is 2.33 bits per heavy atom. The molecule has 0 saturated heterocycles. The molecule has 1 N–H and O–H groups in total. The number of anilines is 1. The molecule has 0 radical (unpaired) electrons. The maximum Gasteiger partial charge on any atom is 0.305 e. The van der Waals surface area contributed by atoms with E-state index in [1.165, 1.54) is 0 Å². The number of hydrogen-bond acceptors (Lipinski definition) is 5. The van der Waals surface area contributed by atoms with E-state index in [1.807, 2.05) is 23.6 Å². The van der Waals surface area contributed by atoms with Crippen molar-refractivity contribution in [3.8, 4) is 10.6 Å². The second-order valence-corrected chi connectivity index (χ2v) is 4.73. The molecule has 0 amide bonds. The third-order valence-corrected chi connectivity index (χ3v) is 3.31. The molecule has 0 unspecified atom stereocenters. The summed E-state index contributed by atoms with van der Waals surface area (Å²) in [6.07, 6.45) is 1.76. The number of thiophene rings is 1. The zero-order valence-corrected chi connectivity index (χ0v) is 10.7. The Morgan fingerprint density at radius 1 is 1.50 bits per heavy atom. The molecule has 5 nitrogen and oxygen atoms in total. The number of aliphatic carboxylic acids is 1. The van der Waals surface area contributed by atoms with Crippen LogP contribution in [-0.2, 0) is 4.79 Å². The summed E-state index contributed by atoms with van der Waals surface area (Å²) >= 11 is 1.61. The standard InChI is InChI=1S/C12H13N3O2S/c1-15(7-5-11(16)17)12-13-6-4-9(14-12)10-3-2-8-18-10/h2-4,6,8H,5,7H2,1H3,(H,16,17). The van der Waals surface area contributed by atoms with Crippen LogP contribution in [-0.4, -0.2) is 34.6 Å². The lowest BCUT2D eigenvalue weighted by molar-refractivity contribution is -0.136. The maximum atomic E-state index is 10.5. The lowest BCUT2D eigenvalue weighted by Gasteiger charge is -2.15. The van der Waals surface area contributed by atoms with Crippen LogP contribution in [0.4, 0.5) is 5.95 Å². The molecule has 2 aromatic heterocycles. The molecular formula is C12H13N3O2S. The van der Waals surface area contributed by atoms with Gasteiger partial charge in [0.15, 0.2) is 0 Å². The van der Waals surface area contributed by atoms with Gasteiger partial charge in [0, 0.05) is 19.8 Å². The molecule has 0 fully saturated rings. The summed E-state index contributed by atoms with van der Waals surface area (Å²) in [6.45, 7) is 0.392. The van der Waals surface area contributed by atoms with Gasteiger partial charge in [-0.3, -0.25) is 4.79 Å². The molecule has 94 valence electrons. The largest absolute Gasteiger partial charge is 0.481 e. The summed E-state index contributed by atoms with van der Waals surface area (Å²) in [4.78, 5) is 21.9. The second-order valence-electron chi connectivity index (χ2n) is 3.78. The molecule has 0 atom stereocenters. The first kappa shape index (κ1) is 12.5. The van der Waals surface area contributed by atoms with Gasteiger partial charge in [0.05, 0.1) is 17.0 Å². The summed E-state index contributed by atoms with van der Waals surface area (Å²) in [5.41, 5.74) is 0.858. The van der Waals surface area contributed by atoms with Crippen LogP contribution in [0.25, 0.3) is 10.6 Å². The molecule has 0 aromatic carbocycles. The molecule has 2 rings (SSSR count). The first-order chi connectivity index (χ1) is 8.66. The van der Waals surface area contributed by atoms with E-state index in [0.717, 1.165) is 10.6 Å². The van der Waals surface area contributed by atoms with Crippen molar-refractivity contribution in [1.29, 1.82) is 0 Å². The Balaban J connectivity index is 2.14. The van der Waals surface area contributed by atoms with Gasteiger partial charge in [-0.05, 0) is 17.5 Å². The van der Waals surface area contributed by atoms with Gasteiger partial charge < -0.3 is 10.0 Å². The van der Waals surface area contributed by atoms with Crippen molar-refractivity contribution in [3.63, 3.8) is 0 Å². The van der Waals surface area contributed by atoms with E-state index in [4.69, 9.17) is 5.11 Å². The Kier molecular flexibility index (Phi) is 3.88. The fourth-order valence-electron chi connectivity index (χ4n) is 1.46. The van der Waals surface area contributed by atoms with Gasteiger partial charge in [-0.15, -0.1) is 11.3 Å². The third-order valence-electron chi connectivity index (χ3n) is 2.42. The minimum absolute atomic E-state index is 0.0725.